The summed E-state index contributed by atoms with van der Waals surface area (Å²) in [6.45, 7) is 3.07. The van der Waals surface area contributed by atoms with E-state index >= 15 is 0 Å². The third-order valence-electron chi connectivity index (χ3n) is 5.21. The third-order valence-corrected chi connectivity index (χ3v) is 5.76. The van der Waals surface area contributed by atoms with Crippen LogP contribution in [0.25, 0.3) is 32.9 Å². The van der Waals surface area contributed by atoms with Crippen molar-refractivity contribution < 1.29 is 0 Å². The highest BCUT2D eigenvalue weighted by Gasteiger charge is 2.26. The lowest BCUT2D eigenvalue weighted by Crippen LogP contribution is -2.02. The Morgan fingerprint density at radius 1 is 1.04 bits per heavy atom. The van der Waals surface area contributed by atoms with Crippen LogP contribution in [0.5, 0.6) is 0 Å². The van der Waals surface area contributed by atoms with Gasteiger partial charge < -0.3 is 4.57 Å². The predicted octanol–water partition coefficient (Wildman–Crippen LogP) is 6.28. The minimum atomic E-state index is 0.682. The van der Waals surface area contributed by atoms with Crippen LogP contribution in [0, 0.1) is 12.8 Å². The van der Waals surface area contributed by atoms with Gasteiger partial charge in [-0.2, -0.15) is 0 Å². The minimum Gasteiger partial charge on any atom is -0.338 e. The second-order valence-corrected chi connectivity index (χ2v) is 7.90. The molecule has 1 aliphatic rings. The van der Waals surface area contributed by atoms with E-state index in [-0.39, 0.29) is 0 Å². The highest BCUT2D eigenvalue weighted by molar-refractivity contribution is 6.35. The van der Waals surface area contributed by atoms with Gasteiger partial charge in [-0.15, -0.1) is 0 Å². The first-order valence-corrected chi connectivity index (χ1v) is 9.56. The van der Waals surface area contributed by atoms with Gasteiger partial charge in [0, 0.05) is 52.1 Å². The number of aryl methyl sites for hydroxylation is 1. The van der Waals surface area contributed by atoms with Gasteiger partial charge in [-0.25, -0.2) is 0 Å². The Morgan fingerprint density at radius 3 is 2.65 bits per heavy atom. The molecule has 5 rings (SSSR count). The van der Waals surface area contributed by atoms with E-state index < -0.39 is 0 Å². The highest BCUT2D eigenvalue weighted by atomic mass is 35.5. The number of halogens is 2. The van der Waals surface area contributed by atoms with Gasteiger partial charge in [0.1, 0.15) is 0 Å². The molecule has 5 heteroatoms. The molecule has 0 atom stereocenters. The molecule has 0 amide bonds. The number of hydrogen-bond donors (Lipinski definition) is 0. The fourth-order valence-electron chi connectivity index (χ4n) is 3.85. The maximum absolute atomic E-state index is 6.51. The van der Waals surface area contributed by atoms with Crippen molar-refractivity contribution in [1.29, 1.82) is 0 Å². The SMILES string of the molecule is Cc1nccc2c3cc(Cl)cc(-c4cnccc4Cl)c3n(CC3CC3)c12. The maximum Gasteiger partial charge on any atom is 0.0707 e. The van der Waals surface area contributed by atoms with Crippen molar-refractivity contribution in [1.82, 2.24) is 14.5 Å². The van der Waals surface area contributed by atoms with E-state index in [2.05, 4.69) is 33.6 Å². The number of hydrogen-bond acceptors (Lipinski definition) is 2. The molecular formula is C21H17Cl2N3. The van der Waals surface area contributed by atoms with Crippen molar-refractivity contribution in [2.45, 2.75) is 26.3 Å². The normalized spacial score (nSPS) is 14.4. The molecule has 1 aromatic carbocycles. The van der Waals surface area contributed by atoms with Crippen LogP contribution in [-0.4, -0.2) is 14.5 Å². The van der Waals surface area contributed by atoms with Crippen LogP contribution in [0.1, 0.15) is 18.5 Å². The molecule has 26 heavy (non-hydrogen) atoms. The first kappa shape index (κ1) is 16.1. The molecule has 3 aromatic heterocycles. The zero-order chi connectivity index (χ0) is 17.8. The molecule has 0 N–H and O–H groups in total. The van der Waals surface area contributed by atoms with Crippen LogP contribution in [0.15, 0.2) is 42.9 Å². The highest BCUT2D eigenvalue weighted by Crippen LogP contribution is 2.42. The number of nitrogens with zero attached hydrogens (tertiary/aromatic N) is 3. The average molecular weight is 382 g/mol. The topological polar surface area (TPSA) is 30.7 Å². The van der Waals surface area contributed by atoms with Crippen LogP contribution in [-0.2, 0) is 6.54 Å². The van der Waals surface area contributed by atoms with Crippen LogP contribution >= 0.6 is 23.2 Å². The molecule has 0 unspecified atom stereocenters. The van der Waals surface area contributed by atoms with Gasteiger partial charge >= 0.3 is 0 Å². The summed E-state index contributed by atoms with van der Waals surface area (Å²) >= 11 is 13.0. The lowest BCUT2D eigenvalue weighted by atomic mass is 10.0. The molecule has 3 nitrogen and oxygen atoms in total. The Bertz CT molecular complexity index is 1160. The summed E-state index contributed by atoms with van der Waals surface area (Å²) in [7, 11) is 0. The van der Waals surface area contributed by atoms with Crippen LogP contribution in [0.3, 0.4) is 0 Å². The fourth-order valence-corrected chi connectivity index (χ4v) is 4.27. The Morgan fingerprint density at radius 2 is 1.88 bits per heavy atom. The third kappa shape index (κ3) is 2.50. The average Bonchev–Trinajstić information content (AvgIpc) is 3.38. The number of fused-ring (bicyclic) bond motifs is 3. The summed E-state index contributed by atoms with van der Waals surface area (Å²) in [5, 5.41) is 3.72. The van der Waals surface area contributed by atoms with Gasteiger partial charge in [-0.3, -0.25) is 9.97 Å². The molecule has 0 saturated heterocycles. The summed E-state index contributed by atoms with van der Waals surface area (Å²) in [4.78, 5) is 8.82. The van der Waals surface area contributed by atoms with Crippen molar-refractivity contribution in [3.05, 3.63) is 58.6 Å². The molecule has 0 spiro atoms. The Balaban J connectivity index is 1.96. The summed E-state index contributed by atoms with van der Waals surface area (Å²) < 4.78 is 2.42. The van der Waals surface area contributed by atoms with E-state index in [9.17, 15) is 0 Å². The lowest BCUT2D eigenvalue weighted by molar-refractivity contribution is 0.662. The number of benzene rings is 1. The van der Waals surface area contributed by atoms with Gasteiger partial charge in [0.25, 0.3) is 0 Å². The van der Waals surface area contributed by atoms with E-state index in [1.807, 2.05) is 24.5 Å². The van der Waals surface area contributed by atoms with E-state index in [4.69, 9.17) is 23.2 Å². The molecular weight excluding hydrogens is 365 g/mol. The molecule has 1 fully saturated rings. The van der Waals surface area contributed by atoms with Crippen molar-refractivity contribution in [2.24, 2.45) is 5.92 Å². The summed E-state index contributed by atoms with van der Waals surface area (Å²) in [6, 6.07) is 7.96. The van der Waals surface area contributed by atoms with E-state index in [0.717, 1.165) is 34.7 Å². The van der Waals surface area contributed by atoms with Gasteiger partial charge in [0.15, 0.2) is 0 Å². The maximum atomic E-state index is 6.51. The van der Waals surface area contributed by atoms with E-state index in [0.29, 0.717) is 10.0 Å². The smallest absolute Gasteiger partial charge is 0.0707 e. The second kappa shape index (κ2) is 5.97. The number of aromatic nitrogens is 3. The molecule has 0 radical (unpaired) electrons. The molecule has 130 valence electrons. The number of rotatable bonds is 3. The molecule has 1 saturated carbocycles. The zero-order valence-electron chi connectivity index (χ0n) is 14.3. The molecule has 4 aromatic rings. The molecule has 3 heterocycles. The quantitative estimate of drug-likeness (QED) is 0.418. The van der Waals surface area contributed by atoms with Crippen molar-refractivity contribution in [3.63, 3.8) is 0 Å². The molecule has 0 bridgehead atoms. The lowest BCUT2D eigenvalue weighted by Gasteiger charge is -2.12. The fraction of sp³-hybridized carbons (Fsp3) is 0.238. The number of pyridine rings is 2. The summed E-state index contributed by atoms with van der Waals surface area (Å²) in [5.41, 5.74) is 5.34. The van der Waals surface area contributed by atoms with E-state index in [1.165, 1.54) is 29.3 Å². The minimum absolute atomic E-state index is 0.682. The first-order chi connectivity index (χ1) is 12.6. The predicted molar refractivity (Wildman–Crippen MR) is 108 cm³/mol. The second-order valence-electron chi connectivity index (χ2n) is 7.05. The van der Waals surface area contributed by atoms with Crippen molar-refractivity contribution in [2.75, 3.05) is 0 Å². The summed E-state index contributed by atoms with van der Waals surface area (Å²) in [6.07, 6.45) is 7.98. The Labute approximate surface area is 161 Å². The monoisotopic (exact) mass is 381 g/mol. The Hall–Kier alpha value is -2.10. The van der Waals surface area contributed by atoms with Gasteiger partial charge in [-0.1, -0.05) is 23.2 Å². The Kier molecular flexibility index (Phi) is 3.70. The molecule has 0 aliphatic heterocycles. The van der Waals surface area contributed by atoms with E-state index in [1.54, 1.807) is 6.20 Å². The van der Waals surface area contributed by atoms with Crippen molar-refractivity contribution in [3.8, 4) is 11.1 Å². The first-order valence-electron chi connectivity index (χ1n) is 8.80. The van der Waals surface area contributed by atoms with Crippen LogP contribution in [0.2, 0.25) is 10.0 Å². The summed E-state index contributed by atoms with van der Waals surface area (Å²) in [5.74, 6) is 0.737. The largest absolute Gasteiger partial charge is 0.338 e. The van der Waals surface area contributed by atoms with Gasteiger partial charge in [0.2, 0.25) is 0 Å². The van der Waals surface area contributed by atoms with Crippen molar-refractivity contribution >= 4 is 45.0 Å². The van der Waals surface area contributed by atoms with Gasteiger partial charge in [-0.05, 0) is 49.9 Å². The van der Waals surface area contributed by atoms with Crippen LogP contribution in [0.4, 0.5) is 0 Å². The van der Waals surface area contributed by atoms with Crippen LogP contribution < -0.4 is 0 Å². The standard InChI is InChI=1S/C21H17Cl2N3/c1-12-20-15(4-7-25-12)16-8-14(22)9-17(18-10-24-6-5-19(18)23)21(16)26(20)11-13-2-3-13/h4-10,13H,2-3,11H2,1H3. The zero-order valence-corrected chi connectivity index (χ0v) is 15.8. The van der Waals surface area contributed by atoms with Gasteiger partial charge in [0.05, 0.1) is 21.7 Å². The molecule has 1 aliphatic carbocycles.